The molecule has 2 aliphatic rings. The van der Waals surface area contributed by atoms with Gasteiger partial charge in [0.1, 0.15) is 0 Å². The molecule has 1 aromatic carbocycles. The van der Waals surface area contributed by atoms with E-state index in [-0.39, 0.29) is 21.6 Å². The third-order valence-electron chi connectivity index (χ3n) is 4.71. The molecule has 0 aromatic heterocycles. The lowest BCUT2D eigenvalue weighted by molar-refractivity contribution is -0.117. The lowest BCUT2D eigenvalue weighted by Gasteiger charge is -2.26. The Morgan fingerprint density at radius 3 is 2.83 bits per heavy atom. The second-order valence-electron chi connectivity index (χ2n) is 6.00. The van der Waals surface area contributed by atoms with Crippen LogP contribution in [0.15, 0.2) is 34.1 Å². The molecule has 2 heterocycles. The number of nitrogens with one attached hydrogen (secondary N) is 1. The molecule has 0 aliphatic carbocycles. The summed E-state index contributed by atoms with van der Waals surface area (Å²) in [5.74, 6) is -0.465. The zero-order valence-electron chi connectivity index (χ0n) is 13.9. The average molecular weight is 350 g/mol. The maximum Gasteiger partial charge on any atom is 0.271 e. The zero-order valence-corrected chi connectivity index (χ0v) is 14.7. The van der Waals surface area contributed by atoms with Crippen LogP contribution in [-0.4, -0.2) is 43.6 Å². The van der Waals surface area contributed by atoms with Gasteiger partial charge in [-0.2, -0.15) is 0 Å². The van der Waals surface area contributed by atoms with Gasteiger partial charge in [0, 0.05) is 18.2 Å². The van der Waals surface area contributed by atoms with Crippen LogP contribution in [0, 0.1) is 0 Å². The summed E-state index contributed by atoms with van der Waals surface area (Å²) in [5, 5.41) is 2.79. The summed E-state index contributed by atoms with van der Waals surface area (Å²) in [6.45, 7) is 4.48. The van der Waals surface area contributed by atoms with Crippen LogP contribution in [0.5, 0.6) is 0 Å². The summed E-state index contributed by atoms with van der Waals surface area (Å²) in [5.41, 5.74) is 0.446. The molecule has 1 amide bonds. The number of sulfone groups is 1. The van der Waals surface area contributed by atoms with Crippen molar-refractivity contribution >= 4 is 22.3 Å². The second-order valence-corrected chi connectivity index (χ2v) is 7.85. The highest BCUT2D eigenvalue weighted by Crippen LogP contribution is 2.65. The molecule has 1 unspecified atom stereocenters. The van der Waals surface area contributed by atoms with E-state index in [1.165, 1.54) is 13.2 Å². The maximum atomic E-state index is 12.7. The van der Waals surface area contributed by atoms with E-state index in [1.54, 1.807) is 18.2 Å². The Labute approximate surface area is 143 Å². The van der Waals surface area contributed by atoms with Crippen molar-refractivity contribution in [3.05, 3.63) is 34.7 Å². The number of carbonyl (C=O) groups excluding carboxylic acids is 1. The van der Waals surface area contributed by atoms with Gasteiger partial charge in [-0.15, -0.1) is 0 Å². The molecule has 1 N–H and O–H groups in total. The molecule has 24 heavy (non-hydrogen) atoms. The quantitative estimate of drug-likeness (QED) is 0.886. The minimum Gasteiger partial charge on any atom is -0.494 e. The number of hydrogen-bond donors (Lipinski definition) is 1. The lowest BCUT2D eigenvalue weighted by Crippen LogP contribution is -2.40. The van der Waals surface area contributed by atoms with Gasteiger partial charge in [-0.25, -0.2) is 0 Å². The molecule has 6 nitrogen and oxygen atoms in total. The molecule has 2 radical (unpaired) electrons. The van der Waals surface area contributed by atoms with Gasteiger partial charge in [-0.1, -0.05) is 38.8 Å². The number of fused-ring (bicyclic) bond motifs is 1. The molecule has 1 aromatic rings. The summed E-state index contributed by atoms with van der Waals surface area (Å²) in [4.78, 5) is 14.7. The van der Waals surface area contributed by atoms with Crippen LogP contribution in [0.1, 0.15) is 25.3 Å². The fourth-order valence-electron chi connectivity index (χ4n) is 3.50. The van der Waals surface area contributed by atoms with E-state index in [4.69, 9.17) is 4.74 Å². The van der Waals surface area contributed by atoms with Crippen molar-refractivity contribution < 1.29 is 18.6 Å². The van der Waals surface area contributed by atoms with Gasteiger partial charge in [0.25, 0.3) is 5.91 Å². The number of likely N-dealkylation sites (N-methyl/N-ethyl adjacent to an activating group) is 1. The van der Waals surface area contributed by atoms with Gasteiger partial charge in [0.2, 0.25) is 0 Å². The van der Waals surface area contributed by atoms with Gasteiger partial charge in [-0.3, -0.25) is 9.69 Å². The van der Waals surface area contributed by atoms with Gasteiger partial charge in [0.15, 0.2) is 10.7 Å². The summed E-state index contributed by atoms with van der Waals surface area (Å²) in [6.07, 6.45) is 2.11. The summed E-state index contributed by atoms with van der Waals surface area (Å²) in [7, 11) is -2.46. The van der Waals surface area contributed by atoms with E-state index in [0.29, 0.717) is 12.1 Å². The standard InChI is InChI=1S/C17H22N2O4S/c1-3-19-10-6-7-12(19)11-18-17(20)16-15(23-2)13-8-4-5-9-14(13)24(16,21)22/h4-5,8-9,12H,3,6-7,10-11H2,1-2H3,(H,18,20). The fraction of sp³-hybridized carbons (Fsp3) is 0.471. The largest absolute Gasteiger partial charge is 0.494 e. The van der Waals surface area contributed by atoms with Gasteiger partial charge in [0.05, 0.1) is 12.0 Å². The zero-order chi connectivity index (χ0) is 17.3. The highest BCUT2D eigenvalue weighted by atomic mass is 32.3. The maximum absolute atomic E-state index is 12.7. The first-order valence-electron chi connectivity index (χ1n) is 8.15. The van der Waals surface area contributed by atoms with Crippen molar-refractivity contribution in [2.24, 2.45) is 0 Å². The molecule has 1 atom stereocenters. The van der Waals surface area contributed by atoms with Gasteiger partial charge in [-0.05, 0) is 38.1 Å². The molecule has 0 spiro atoms. The predicted octanol–water partition coefficient (Wildman–Crippen LogP) is 2.47. The number of likely N-dealkylation sites (tertiary alicyclic amines) is 1. The fourth-order valence-corrected chi connectivity index (χ4v) is 5.19. The first-order chi connectivity index (χ1) is 11.5. The third-order valence-corrected chi connectivity index (χ3v) is 6.55. The molecule has 7 heteroatoms. The van der Waals surface area contributed by atoms with Crippen molar-refractivity contribution in [3.8, 4) is 0 Å². The Morgan fingerprint density at radius 2 is 2.12 bits per heavy atom. The Bertz CT molecular complexity index is 674. The monoisotopic (exact) mass is 350 g/mol. The van der Waals surface area contributed by atoms with Crippen molar-refractivity contribution in [1.82, 2.24) is 10.2 Å². The number of ether oxygens (including phenoxy) is 1. The first-order valence-corrected chi connectivity index (χ1v) is 9.64. The molecule has 3 rings (SSSR count). The number of rotatable bonds is 5. The van der Waals surface area contributed by atoms with E-state index in [1.807, 2.05) is 0 Å². The van der Waals surface area contributed by atoms with Crippen LogP contribution in [0.4, 0.5) is 0 Å². The number of hydrogen-bond acceptors (Lipinski definition) is 3. The van der Waals surface area contributed by atoms with Crippen LogP contribution < -0.4 is 5.32 Å². The predicted molar refractivity (Wildman–Crippen MR) is 90.9 cm³/mol. The number of amides is 1. The van der Waals surface area contributed by atoms with Crippen molar-refractivity contribution in [3.63, 3.8) is 0 Å². The SMILES string of the molecule is CCN1CCCC1CNC(=O)C1=C(OC)c2ccccc2S1([O])[O]. The van der Waals surface area contributed by atoms with Crippen LogP contribution in [-0.2, 0) is 18.6 Å². The van der Waals surface area contributed by atoms with Crippen molar-refractivity contribution in [2.75, 3.05) is 26.7 Å². The summed E-state index contributed by atoms with van der Waals surface area (Å²) < 4.78 is 30.7. The topological polar surface area (TPSA) is 81.4 Å². The smallest absolute Gasteiger partial charge is 0.271 e. The molecule has 0 bridgehead atoms. The molecule has 2 aliphatic heterocycles. The van der Waals surface area contributed by atoms with Crippen LogP contribution >= 0.6 is 10.6 Å². The minimum atomic E-state index is -3.84. The van der Waals surface area contributed by atoms with Gasteiger partial charge < -0.3 is 10.1 Å². The van der Waals surface area contributed by atoms with E-state index in [0.717, 1.165) is 25.9 Å². The van der Waals surface area contributed by atoms with Crippen LogP contribution in [0.3, 0.4) is 0 Å². The Hall–Kier alpha value is -1.54. The summed E-state index contributed by atoms with van der Waals surface area (Å²) in [6, 6.07) is 6.78. The molecule has 130 valence electrons. The molecular formula is C17H22N2O4S. The number of carbonyl (C=O) groups is 1. The molecule has 0 saturated carbocycles. The first kappa shape index (κ1) is 17.3. The third kappa shape index (κ3) is 2.82. The van der Waals surface area contributed by atoms with Crippen molar-refractivity contribution in [1.29, 1.82) is 0 Å². The van der Waals surface area contributed by atoms with Gasteiger partial charge >= 0.3 is 0 Å². The van der Waals surface area contributed by atoms with Crippen LogP contribution in [0.25, 0.3) is 5.76 Å². The number of methoxy groups -OCH3 is 1. The van der Waals surface area contributed by atoms with E-state index in [9.17, 15) is 13.9 Å². The Kier molecular flexibility index (Phi) is 4.87. The molecule has 1 saturated heterocycles. The number of nitrogens with zero attached hydrogens (tertiary/aromatic N) is 1. The average Bonchev–Trinajstić information content (AvgIpc) is 3.13. The molecule has 1 fully saturated rings. The summed E-state index contributed by atoms with van der Waals surface area (Å²) >= 11 is 0. The highest BCUT2D eigenvalue weighted by Gasteiger charge is 2.44. The van der Waals surface area contributed by atoms with Crippen LogP contribution in [0.2, 0.25) is 0 Å². The highest BCUT2D eigenvalue weighted by molar-refractivity contribution is 8.28. The van der Waals surface area contributed by atoms with E-state index >= 15 is 0 Å². The molecular weight excluding hydrogens is 328 g/mol. The second kappa shape index (κ2) is 6.76. The Balaban J connectivity index is 1.81. The normalized spacial score (nSPS) is 23.9. The van der Waals surface area contributed by atoms with E-state index in [2.05, 4.69) is 17.1 Å². The number of benzene rings is 1. The minimum absolute atomic E-state index is 0.127. The van der Waals surface area contributed by atoms with E-state index < -0.39 is 16.5 Å². The Morgan fingerprint density at radius 1 is 1.38 bits per heavy atom. The lowest BCUT2D eigenvalue weighted by atomic mass is 10.1. The van der Waals surface area contributed by atoms with Crippen molar-refractivity contribution in [2.45, 2.75) is 30.7 Å².